The Labute approximate surface area is 154 Å². The quantitative estimate of drug-likeness (QED) is 0.541. The maximum atomic E-state index is 12.6. The second-order valence-corrected chi connectivity index (χ2v) is 7.43. The van der Waals surface area contributed by atoms with E-state index in [2.05, 4.69) is 15.9 Å². The smallest absolute Gasteiger partial charge is 0.233 e. The highest BCUT2D eigenvalue weighted by molar-refractivity contribution is 9.10. The van der Waals surface area contributed by atoms with E-state index in [0.717, 1.165) is 26.3 Å². The Balaban J connectivity index is 2.08. The molecular weight excluding hydrogens is 384 g/mol. The Morgan fingerprint density at radius 2 is 1.92 bits per heavy atom. The van der Waals surface area contributed by atoms with Crippen molar-refractivity contribution in [3.05, 3.63) is 63.9 Å². The van der Waals surface area contributed by atoms with Crippen molar-refractivity contribution in [2.75, 3.05) is 4.90 Å². The summed E-state index contributed by atoms with van der Waals surface area (Å²) in [6.45, 7) is 3.91. The lowest BCUT2D eigenvalue weighted by molar-refractivity contribution is -0.117. The van der Waals surface area contributed by atoms with Crippen LogP contribution in [-0.4, -0.2) is 10.9 Å². The fourth-order valence-electron chi connectivity index (χ4n) is 2.48. The van der Waals surface area contributed by atoms with Crippen molar-refractivity contribution in [2.45, 2.75) is 20.3 Å². The molecule has 0 N–H and O–H groups in total. The van der Waals surface area contributed by atoms with Crippen LogP contribution in [0.25, 0.3) is 11.3 Å². The van der Waals surface area contributed by atoms with Gasteiger partial charge in [0.1, 0.15) is 0 Å². The lowest BCUT2D eigenvalue weighted by atomic mass is 10.1. The van der Waals surface area contributed by atoms with Crippen molar-refractivity contribution < 1.29 is 4.79 Å². The highest BCUT2D eigenvalue weighted by Gasteiger charge is 2.22. The van der Waals surface area contributed by atoms with Crippen LogP contribution in [-0.2, 0) is 4.79 Å². The zero-order valence-corrected chi connectivity index (χ0v) is 15.9. The van der Waals surface area contributed by atoms with Gasteiger partial charge in [-0.2, -0.15) is 0 Å². The number of aromatic nitrogens is 1. The molecule has 0 fully saturated rings. The number of rotatable bonds is 4. The average Bonchev–Trinajstić information content (AvgIpc) is 2.97. The summed E-state index contributed by atoms with van der Waals surface area (Å²) in [6.07, 6.45) is 0.422. The van der Waals surface area contributed by atoms with Crippen molar-refractivity contribution in [1.82, 2.24) is 4.98 Å². The van der Waals surface area contributed by atoms with Crippen LogP contribution in [0.15, 0.2) is 59.1 Å². The Bertz CT molecular complexity index is 861. The lowest BCUT2D eigenvalue weighted by Crippen LogP contribution is -2.24. The first-order chi connectivity index (χ1) is 11.6. The summed E-state index contributed by atoms with van der Waals surface area (Å²) in [6, 6.07) is 17.8. The molecule has 0 saturated carbocycles. The number of thiazole rings is 1. The third kappa shape index (κ3) is 3.42. The fraction of sp³-hybridized carbons (Fsp3) is 0.158. The Hall–Kier alpha value is -1.98. The summed E-state index contributed by atoms with van der Waals surface area (Å²) >= 11 is 5.02. The van der Waals surface area contributed by atoms with Gasteiger partial charge >= 0.3 is 0 Å². The number of aryl methyl sites for hydroxylation is 1. The number of amides is 1. The van der Waals surface area contributed by atoms with E-state index in [1.807, 2.05) is 68.4 Å². The van der Waals surface area contributed by atoms with Crippen molar-refractivity contribution >= 4 is 44.0 Å². The van der Waals surface area contributed by atoms with Crippen LogP contribution >= 0.6 is 27.3 Å². The Morgan fingerprint density at radius 1 is 1.17 bits per heavy atom. The first-order valence-corrected chi connectivity index (χ1v) is 9.32. The van der Waals surface area contributed by atoms with Crippen LogP contribution in [0.4, 0.5) is 10.8 Å². The summed E-state index contributed by atoms with van der Waals surface area (Å²) in [5.41, 5.74) is 2.82. The lowest BCUT2D eigenvalue weighted by Gasteiger charge is -2.19. The van der Waals surface area contributed by atoms with Gasteiger partial charge < -0.3 is 0 Å². The van der Waals surface area contributed by atoms with Gasteiger partial charge in [0.05, 0.1) is 11.4 Å². The molecule has 5 heteroatoms. The first kappa shape index (κ1) is 16.9. The average molecular weight is 401 g/mol. The van der Waals surface area contributed by atoms with Crippen LogP contribution in [0.3, 0.4) is 0 Å². The molecule has 0 saturated heterocycles. The largest absolute Gasteiger partial charge is 0.274 e. The molecule has 0 spiro atoms. The van der Waals surface area contributed by atoms with Gasteiger partial charge in [-0.15, -0.1) is 11.3 Å². The molecule has 3 nitrogen and oxygen atoms in total. The van der Waals surface area contributed by atoms with E-state index in [1.54, 1.807) is 16.2 Å². The summed E-state index contributed by atoms with van der Waals surface area (Å²) in [4.78, 5) is 20.1. The van der Waals surface area contributed by atoms with E-state index in [9.17, 15) is 4.79 Å². The third-order valence-corrected chi connectivity index (χ3v) is 5.09. The second kappa shape index (κ2) is 7.28. The van der Waals surface area contributed by atoms with Crippen LogP contribution in [0.5, 0.6) is 0 Å². The molecule has 2 aromatic carbocycles. The predicted octanol–water partition coefficient (Wildman–Crippen LogP) is 5.96. The summed E-state index contributed by atoms with van der Waals surface area (Å²) < 4.78 is 0.936. The molecule has 3 rings (SSSR count). The van der Waals surface area contributed by atoms with Gasteiger partial charge in [-0.25, -0.2) is 4.98 Å². The van der Waals surface area contributed by atoms with E-state index >= 15 is 0 Å². The molecule has 0 unspecified atom stereocenters. The SMILES string of the molecule is CCC(=O)N(c1cccc(Br)c1)c1nc(-c2ccccc2)c(C)s1. The second-order valence-electron chi connectivity index (χ2n) is 5.33. The minimum atomic E-state index is 0.0291. The zero-order valence-electron chi connectivity index (χ0n) is 13.5. The summed E-state index contributed by atoms with van der Waals surface area (Å²) in [7, 11) is 0. The van der Waals surface area contributed by atoms with Gasteiger partial charge in [-0.3, -0.25) is 9.69 Å². The third-order valence-electron chi connectivity index (χ3n) is 3.64. The molecular formula is C19H17BrN2OS. The zero-order chi connectivity index (χ0) is 17.1. The van der Waals surface area contributed by atoms with E-state index < -0.39 is 0 Å². The molecule has 24 heavy (non-hydrogen) atoms. The van der Waals surface area contributed by atoms with Crippen molar-refractivity contribution in [2.24, 2.45) is 0 Å². The highest BCUT2D eigenvalue weighted by Crippen LogP contribution is 2.36. The molecule has 122 valence electrons. The topological polar surface area (TPSA) is 33.2 Å². The van der Waals surface area contributed by atoms with Crippen LogP contribution in [0.1, 0.15) is 18.2 Å². The minimum Gasteiger partial charge on any atom is -0.274 e. The molecule has 1 amide bonds. The maximum Gasteiger partial charge on any atom is 0.233 e. The van der Waals surface area contributed by atoms with Crippen LogP contribution < -0.4 is 4.90 Å². The van der Waals surface area contributed by atoms with Crippen molar-refractivity contribution in [1.29, 1.82) is 0 Å². The van der Waals surface area contributed by atoms with E-state index in [-0.39, 0.29) is 5.91 Å². The molecule has 0 atom stereocenters. The van der Waals surface area contributed by atoms with Crippen LogP contribution in [0.2, 0.25) is 0 Å². The standard InChI is InChI=1S/C19H17BrN2OS/c1-3-17(23)22(16-11-7-10-15(20)12-16)19-21-18(13(2)24-19)14-8-5-4-6-9-14/h4-12H,3H2,1-2H3. The molecule has 1 heterocycles. The normalized spacial score (nSPS) is 10.6. The van der Waals surface area contributed by atoms with Gasteiger partial charge in [0, 0.05) is 21.3 Å². The number of carbonyl (C=O) groups excluding carboxylic acids is 1. The monoisotopic (exact) mass is 400 g/mol. The van der Waals surface area contributed by atoms with Gasteiger partial charge in [-0.1, -0.05) is 59.3 Å². The predicted molar refractivity (Wildman–Crippen MR) is 104 cm³/mol. The van der Waals surface area contributed by atoms with Gasteiger partial charge in [-0.05, 0) is 25.1 Å². The van der Waals surface area contributed by atoms with Gasteiger partial charge in [0.25, 0.3) is 0 Å². The number of halogens is 1. The molecule has 3 aromatic rings. The summed E-state index contributed by atoms with van der Waals surface area (Å²) in [5, 5.41) is 0.705. The molecule has 0 aliphatic rings. The fourth-order valence-corrected chi connectivity index (χ4v) is 3.83. The minimum absolute atomic E-state index is 0.0291. The molecule has 0 aliphatic carbocycles. The Morgan fingerprint density at radius 3 is 2.58 bits per heavy atom. The van der Waals surface area contributed by atoms with Gasteiger partial charge in [0.15, 0.2) is 5.13 Å². The molecule has 0 bridgehead atoms. The number of hydrogen-bond acceptors (Lipinski definition) is 3. The first-order valence-electron chi connectivity index (χ1n) is 7.71. The van der Waals surface area contributed by atoms with E-state index in [4.69, 9.17) is 4.98 Å². The number of nitrogens with zero attached hydrogens (tertiary/aromatic N) is 2. The number of hydrogen-bond donors (Lipinski definition) is 0. The number of carbonyl (C=O) groups is 1. The number of anilines is 2. The highest BCUT2D eigenvalue weighted by atomic mass is 79.9. The summed E-state index contributed by atoms with van der Waals surface area (Å²) in [5.74, 6) is 0.0291. The van der Waals surface area contributed by atoms with Crippen LogP contribution in [0, 0.1) is 6.92 Å². The van der Waals surface area contributed by atoms with E-state index in [0.29, 0.717) is 11.6 Å². The Kier molecular flexibility index (Phi) is 5.11. The molecule has 0 aliphatic heterocycles. The van der Waals surface area contributed by atoms with Gasteiger partial charge in [0.2, 0.25) is 5.91 Å². The van der Waals surface area contributed by atoms with Crippen molar-refractivity contribution in [3.63, 3.8) is 0 Å². The maximum absolute atomic E-state index is 12.6. The molecule has 1 aromatic heterocycles. The molecule has 0 radical (unpaired) electrons. The number of benzene rings is 2. The van der Waals surface area contributed by atoms with Crippen molar-refractivity contribution in [3.8, 4) is 11.3 Å². The van der Waals surface area contributed by atoms with E-state index in [1.165, 1.54) is 0 Å².